The van der Waals surface area contributed by atoms with Crippen LogP contribution in [0, 0.1) is 11.3 Å². The van der Waals surface area contributed by atoms with E-state index in [4.69, 9.17) is 0 Å². The third-order valence-corrected chi connectivity index (χ3v) is 4.98. The normalized spacial score (nSPS) is 38.6. The highest BCUT2D eigenvalue weighted by molar-refractivity contribution is 5.99. The smallest absolute Gasteiger partial charge is 0.249 e. The molecule has 100 valence electrons. The van der Waals surface area contributed by atoms with Crippen LogP contribution >= 0.6 is 0 Å². The van der Waals surface area contributed by atoms with Gasteiger partial charge in [-0.2, -0.15) is 0 Å². The quantitative estimate of drug-likeness (QED) is 0.821. The Bertz CT molecular complexity index is 412. The number of hydrogen-bond donors (Lipinski definition) is 1. The molecule has 2 atom stereocenters. The molecule has 1 N–H and O–H groups in total. The van der Waals surface area contributed by atoms with Crippen LogP contribution in [0.4, 0.5) is 0 Å². The molecule has 0 radical (unpaired) electrons. The molecule has 1 saturated heterocycles. The Morgan fingerprint density at radius 2 is 1.89 bits per heavy atom. The summed E-state index contributed by atoms with van der Waals surface area (Å²) in [5.41, 5.74) is -0.388. The maximum atomic E-state index is 12.7. The zero-order chi connectivity index (χ0) is 13.1. The minimum atomic E-state index is -0.644. The molecule has 2 amide bonds. The zero-order valence-corrected chi connectivity index (χ0v) is 11.5. The van der Waals surface area contributed by atoms with Crippen molar-refractivity contribution in [1.29, 1.82) is 0 Å². The van der Waals surface area contributed by atoms with Gasteiger partial charge in [0.1, 0.15) is 11.6 Å². The topological polar surface area (TPSA) is 49.4 Å². The molecule has 3 aliphatic rings. The second-order valence-electron chi connectivity index (χ2n) is 6.89. The molecular formula is C14H22N2O2. The first-order valence-electron chi connectivity index (χ1n) is 6.99. The Morgan fingerprint density at radius 1 is 1.28 bits per heavy atom. The molecule has 3 rings (SSSR count). The van der Waals surface area contributed by atoms with Crippen molar-refractivity contribution < 1.29 is 9.59 Å². The maximum absolute atomic E-state index is 12.7. The Hall–Kier alpha value is -1.06. The molecule has 0 bridgehead atoms. The highest BCUT2D eigenvalue weighted by Crippen LogP contribution is 2.48. The van der Waals surface area contributed by atoms with Crippen LogP contribution in [0.1, 0.15) is 46.5 Å². The number of piperazine rings is 1. The third-order valence-electron chi connectivity index (χ3n) is 4.98. The maximum Gasteiger partial charge on any atom is 0.249 e. The molecule has 0 aromatic carbocycles. The van der Waals surface area contributed by atoms with Crippen LogP contribution in [0.25, 0.3) is 0 Å². The highest BCUT2D eigenvalue weighted by atomic mass is 16.2. The Balaban J connectivity index is 1.85. The Morgan fingerprint density at radius 3 is 2.39 bits per heavy atom. The summed E-state index contributed by atoms with van der Waals surface area (Å²) < 4.78 is 0. The summed E-state index contributed by atoms with van der Waals surface area (Å²) in [6.07, 6.45) is 4.46. The monoisotopic (exact) mass is 250 g/mol. The summed E-state index contributed by atoms with van der Waals surface area (Å²) in [5.74, 6) is 0.481. The number of nitrogens with zero attached hydrogens (tertiary/aromatic N) is 1. The van der Waals surface area contributed by atoms with Gasteiger partial charge in [0.2, 0.25) is 11.8 Å². The van der Waals surface area contributed by atoms with Crippen LogP contribution in [0.3, 0.4) is 0 Å². The molecule has 18 heavy (non-hydrogen) atoms. The number of amides is 2. The fourth-order valence-corrected chi connectivity index (χ4v) is 2.96. The first-order valence-corrected chi connectivity index (χ1v) is 6.99. The molecule has 4 heteroatoms. The van der Waals surface area contributed by atoms with E-state index in [0.29, 0.717) is 5.92 Å². The average molecular weight is 250 g/mol. The number of hydrogen-bond acceptors (Lipinski definition) is 2. The van der Waals surface area contributed by atoms with Crippen molar-refractivity contribution in [2.24, 2.45) is 11.3 Å². The standard InChI is InChI=1S/C14H22N2O2/c1-9-11(17)15-14(3,10-4-5-10)12(18)16(9)8-13(2)6-7-13/h9-10H,4-8H2,1-3H3,(H,15,17). The molecule has 1 heterocycles. The van der Waals surface area contributed by atoms with E-state index in [-0.39, 0.29) is 23.3 Å². The molecule has 2 saturated carbocycles. The van der Waals surface area contributed by atoms with Crippen molar-refractivity contribution in [3.63, 3.8) is 0 Å². The highest BCUT2D eigenvalue weighted by Gasteiger charge is 2.56. The molecule has 2 aliphatic carbocycles. The van der Waals surface area contributed by atoms with Crippen molar-refractivity contribution in [3.8, 4) is 0 Å². The third kappa shape index (κ3) is 1.73. The van der Waals surface area contributed by atoms with Gasteiger partial charge in [0.25, 0.3) is 0 Å². The van der Waals surface area contributed by atoms with Gasteiger partial charge in [-0.1, -0.05) is 6.92 Å². The van der Waals surface area contributed by atoms with E-state index < -0.39 is 5.54 Å². The molecular weight excluding hydrogens is 228 g/mol. The van der Waals surface area contributed by atoms with Gasteiger partial charge in [-0.25, -0.2) is 0 Å². The van der Waals surface area contributed by atoms with Crippen molar-refractivity contribution >= 4 is 11.8 Å². The number of carbonyl (C=O) groups is 2. The van der Waals surface area contributed by atoms with E-state index in [9.17, 15) is 9.59 Å². The SMILES string of the molecule is CC1C(=O)NC(C)(C2CC2)C(=O)N1CC1(C)CC1. The van der Waals surface area contributed by atoms with Gasteiger partial charge in [-0.15, -0.1) is 0 Å². The summed E-state index contributed by atoms with van der Waals surface area (Å²) in [6.45, 7) is 6.68. The first-order chi connectivity index (χ1) is 8.36. The minimum Gasteiger partial charge on any atom is -0.340 e. The minimum absolute atomic E-state index is 0.00764. The van der Waals surface area contributed by atoms with E-state index >= 15 is 0 Å². The predicted molar refractivity (Wildman–Crippen MR) is 67.8 cm³/mol. The lowest BCUT2D eigenvalue weighted by atomic mass is 9.89. The largest absolute Gasteiger partial charge is 0.340 e. The lowest BCUT2D eigenvalue weighted by molar-refractivity contribution is -0.155. The van der Waals surface area contributed by atoms with Crippen LogP contribution in [-0.2, 0) is 9.59 Å². The van der Waals surface area contributed by atoms with Crippen LogP contribution < -0.4 is 5.32 Å². The van der Waals surface area contributed by atoms with Crippen LogP contribution in [-0.4, -0.2) is 34.8 Å². The van der Waals surface area contributed by atoms with Gasteiger partial charge in [-0.05, 0) is 50.9 Å². The average Bonchev–Trinajstić information content (AvgIpc) is 3.17. The van der Waals surface area contributed by atoms with Gasteiger partial charge in [0, 0.05) is 6.54 Å². The van der Waals surface area contributed by atoms with E-state index in [1.54, 1.807) is 0 Å². The van der Waals surface area contributed by atoms with Gasteiger partial charge < -0.3 is 10.2 Å². The number of rotatable bonds is 3. The van der Waals surface area contributed by atoms with E-state index in [2.05, 4.69) is 12.2 Å². The molecule has 0 aromatic rings. The van der Waals surface area contributed by atoms with E-state index in [1.807, 2.05) is 18.7 Å². The predicted octanol–water partition coefficient (Wildman–Crippen LogP) is 1.30. The van der Waals surface area contributed by atoms with Gasteiger partial charge >= 0.3 is 0 Å². The van der Waals surface area contributed by atoms with E-state index in [1.165, 1.54) is 12.8 Å². The molecule has 2 unspecified atom stereocenters. The van der Waals surface area contributed by atoms with Gasteiger partial charge in [0.15, 0.2) is 0 Å². The van der Waals surface area contributed by atoms with Gasteiger partial charge in [-0.3, -0.25) is 9.59 Å². The fourth-order valence-electron chi connectivity index (χ4n) is 2.96. The second kappa shape index (κ2) is 3.49. The zero-order valence-electron chi connectivity index (χ0n) is 11.5. The summed E-state index contributed by atoms with van der Waals surface area (Å²) in [7, 11) is 0. The molecule has 3 fully saturated rings. The summed E-state index contributed by atoms with van der Waals surface area (Å²) in [6, 6.07) is -0.318. The first kappa shape index (κ1) is 12.0. The van der Waals surface area contributed by atoms with Crippen molar-refractivity contribution in [1.82, 2.24) is 10.2 Å². The lowest BCUT2D eigenvalue weighted by Gasteiger charge is -2.44. The lowest BCUT2D eigenvalue weighted by Crippen LogP contribution is -2.70. The second-order valence-corrected chi connectivity index (χ2v) is 6.89. The number of nitrogens with one attached hydrogen (secondary N) is 1. The van der Waals surface area contributed by atoms with Crippen molar-refractivity contribution in [3.05, 3.63) is 0 Å². The fraction of sp³-hybridized carbons (Fsp3) is 0.857. The summed E-state index contributed by atoms with van der Waals surface area (Å²) in [4.78, 5) is 26.6. The Labute approximate surface area is 108 Å². The summed E-state index contributed by atoms with van der Waals surface area (Å²) >= 11 is 0. The van der Waals surface area contributed by atoms with Crippen molar-refractivity contribution in [2.45, 2.75) is 58.0 Å². The molecule has 0 spiro atoms. The van der Waals surface area contributed by atoms with Crippen LogP contribution in [0.15, 0.2) is 0 Å². The van der Waals surface area contributed by atoms with Crippen LogP contribution in [0.2, 0.25) is 0 Å². The summed E-state index contributed by atoms with van der Waals surface area (Å²) in [5, 5.41) is 2.96. The van der Waals surface area contributed by atoms with Crippen LogP contribution in [0.5, 0.6) is 0 Å². The van der Waals surface area contributed by atoms with E-state index in [0.717, 1.165) is 19.4 Å². The van der Waals surface area contributed by atoms with Gasteiger partial charge in [0.05, 0.1) is 0 Å². The molecule has 4 nitrogen and oxygen atoms in total. The molecule has 0 aromatic heterocycles. The molecule has 1 aliphatic heterocycles. The number of carbonyl (C=O) groups excluding carboxylic acids is 2. The Kier molecular flexibility index (Phi) is 2.32. The van der Waals surface area contributed by atoms with Crippen molar-refractivity contribution in [2.75, 3.05) is 6.54 Å².